The van der Waals surface area contributed by atoms with Crippen LogP contribution >= 0.6 is 0 Å². The summed E-state index contributed by atoms with van der Waals surface area (Å²) in [5.74, 6) is 0. The fraction of sp³-hybridized carbons (Fsp3) is 0.214. The zero-order valence-corrected chi connectivity index (χ0v) is 10.3. The van der Waals surface area contributed by atoms with Gasteiger partial charge in [0.15, 0.2) is 0 Å². The Morgan fingerprint density at radius 2 is 1.47 bits per heavy atom. The molecule has 0 radical (unpaired) electrons. The maximum Gasteiger partial charge on any atom is 0.0845 e. The van der Waals surface area contributed by atoms with Crippen molar-refractivity contribution in [1.82, 2.24) is 15.0 Å². The first-order chi connectivity index (χ1) is 8.16. The van der Waals surface area contributed by atoms with Crippen molar-refractivity contribution in [3.63, 3.8) is 0 Å². The predicted molar refractivity (Wildman–Crippen MR) is 69.4 cm³/mol. The molecule has 86 valence electrons. The fourth-order valence-corrected chi connectivity index (χ4v) is 1.54. The zero-order chi connectivity index (χ0) is 12.3. The maximum absolute atomic E-state index is 4.52. The number of hydrogen-bond donors (Lipinski definition) is 0. The van der Waals surface area contributed by atoms with Crippen molar-refractivity contribution < 1.29 is 0 Å². The third-order valence-electron chi connectivity index (χ3n) is 2.66. The van der Waals surface area contributed by atoms with Crippen LogP contribution in [0, 0.1) is 20.8 Å². The van der Waals surface area contributed by atoms with Crippen molar-refractivity contribution in [1.29, 1.82) is 0 Å². The van der Waals surface area contributed by atoms with Gasteiger partial charge in [0.1, 0.15) is 0 Å². The van der Waals surface area contributed by atoms with Gasteiger partial charge in [0.2, 0.25) is 0 Å². The van der Waals surface area contributed by atoms with Crippen LogP contribution in [-0.2, 0) is 0 Å². The molecule has 0 aromatic carbocycles. The predicted octanol–water partition coefficient (Wildman–Crippen LogP) is 2.97. The Labute approximate surface area is 101 Å². The van der Waals surface area contributed by atoms with Crippen molar-refractivity contribution in [2.24, 2.45) is 0 Å². The molecule has 2 aromatic heterocycles. The highest BCUT2D eigenvalue weighted by molar-refractivity contribution is 5.68. The van der Waals surface area contributed by atoms with Crippen LogP contribution in [0.1, 0.15) is 28.3 Å². The van der Waals surface area contributed by atoms with E-state index in [9.17, 15) is 0 Å². The first-order valence-electron chi connectivity index (χ1n) is 5.57. The summed E-state index contributed by atoms with van der Waals surface area (Å²) >= 11 is 0. The van der Waals surface area contributed by atoms with Crippen LogP contribution in [-0.4, -0.2) is 15.0 Å². The molecule has 0 saturated carbocycles. The molecule has 17 heavy (non-hydrogen) atoms. The molecule has 0 unspecified atom stereocenters. The first-order valence-corrected chi connectivity index (χ1v) is 5.57. The van der Waals surface area contributed by atoms with Crippen LogP contribution in [0.3, 0.4) is 0 Å². The van der Waals surface area contributed by atoms with Crippen LogP contribution in [0.2, 0.25) is 0 Å². The molecule has 0 aliphatic heterocycles. The number of pyridine rings is 1. The molecule has 0 bridgehead atoms. The molecule has 0 spiro atoms. The number of aryl methyl sites for hydroxylation is 3. The van der Waals surface area contributed by atoms with Gasteiger partial charge in [-0.05, 0) is 44.5 Å². The second-order valence-corrected chi connectivity index (χ2v) is 3.98. The SMILES string of the molecule is Cc1nc(C)c(C=Cc2ccncc2)nc1C. The molecule has 2 heterocycles. The highest BCUT2D eigenvalue weighted by atomic mass is 14.8. The van der Waals surface area contributed by atoms with E-state index in [0.29, 0.717) is 0 Å². The van der Waals surface area contributed by atoms with Crippen molar-refractivity contribution in [2.75, 3.05) is 0 Å². The minimum Gasteiger partial charge on any atom is -0.265 e. The van der Waals surface area contributed by atoms with Gasteiger partial charge in [0.05, 0.1) is 22.8 Å². The van der Waals surface area contributed by atoms with E-state index < -0.39 is 0 Å². The lowest BCUT2D eigenvalue weighted by atomic mass is 10.2. The summed E-state index contributed by atoms with van der Waals surface area (Å²) in [4.78, 5) is 13.0. The number of rotatable bonds is 2. The summed E-state index contributed by atoms with van der Waals surface area (Å²) in [7, 11) is 0. The molecule has 0 saturated heterocycles. The Hall–Kier alpha value is -2.03. The van der Waals surface area contributed by atoms with E-state index in [4.69, 9.17) is 0 Å². The number of aromatic nitrogens is 3. The zero-order valence-electron chi connectivity index (χ0n) is 10.3. The van der Waals surface area contributed by atoms with E-state index in [0.717, 1.165) is 28.3 Å². The Balaban J connectivity index is 2.31. The summed E-state index contributed by atoms with van der Waals surface area (Å²) in [6.45, 7) is 5.93. The van der Waals surface area contributed by atoms with Crippen LogP contribution in [0.15, 0.2) is 24.5 Å². The number of nitrogens with zero attached hydrogens (tertiary/aromatic N) is 3. The van der Waals surface area contributed by atoms with Gasteiger partial charge >= 0.3 is 0 Å². The van der Waals surface area contributed by atoms with Crippen molar-refractivity contribution in [3.8, 4) is 0 Å². The van der Waals surface area contributed by atoms with Gasteiger partial charge in [-0.25, -0.2) is 4.98 Å². The Bertz CT molecular complexity index is 545. The molecular formula is C14H15N3. The van der Waals surface area contributed by atoms with Gasteiger partial charge in [-0.3, -0.25) is 9.97 Å². The molecular weight excluding hydrogens is 210 g/mol. The molecule has 2 aromatic rings. The largest absolute Gasteiger partial charge is 0.265 e. The van der Waals surface area contributed by atoms with Gasteiger partial charge in [0.25, 0.3) is 0 Å². The molecule has 0 N–H and O–H groups in total. The smallest absolute Gasteiger partial charge is 0.0845 e. The number of hydrogen-bond acceptors (Lipinski definition) is 3. The normalized spacial score (nSPS) is 11.0. The fourth-order valence-electron chi connectivity index (χ4n) is 1.54. The lowest BCUT2D eigenvalue weighted by Crippen LogP contribution is -1.98. The van der Waals surface area contributed by atoms with E-state index in [1.807, 2.05) is 45.1 Å². The van der Waals surface area contributed by atoms with Gasteiger partial charge in [-0.1, -0.05) is 6.08 Å². The molecule has 2 rings (SSSR count). The third-order valence-corrected chi connectivity index (χ3v) is 2.66. The van der Waals surface area contributed by atoms with Crippen molar-refractivity contribution >= 4 is 12.2 Å². The lowest BCUT2D eigenvalue weighted by Gasteiger charge is -2.03. The van der Waals surface area contributed by atoms with Crippen LogP contribution in [0.4, 0.5) is 0 Å². The maximum atomic E-state index is 4.52. The standard InChI is InChI=1S/C14H15N3/c1-10-11(2)17-14(12(3)16-10)5-4-13-6-8-15-9-7-13/h4-9H,1-3H3. The lowest BCUT2D eigenvalue weighted by molar-refractivity contribution is 0.991. The first kappa shape index (κ1) is 11.5. The summed E-state index contributed by atoms with van der Waals surface area (Å²) in [5, 5.41) is 0. The van der Waals surface area contributed by atoms with E-state index in [1.165, 1.54) is 0 Å². The average Bonchev–Trinajstić information content (AvgIpc) is 2.33. The summed E-state index contributed by atoms with van der Waals surface area (Å²) in [5.41, 5.74) is 4.95. The van der Waals surface area contributed by atoms with Gasteiger partial charge in [-0.2, -0.15) is 0 Å². The summed E-state index contributed by atoms with van der Waals surface area (Å²) in [6, 6.07) is 3.92. The molecule has 3 nitrogen and oxygen atoms in total. The highest BCUT2D eigenvalue weighted by Crippen LogP contribution is 2.10. The molecule has 0 aliphatic rings. The molecule has 0 amide bonds. The quantitative estimate of drug-likeness (QED) is 0.788. The Morgan fingerprint density at radius 3 is 2.18 bits per heavy atom. The van der Waals surface area contributed by atoms with Gasteiger partial charge < -0.3 is 0 Å². The van der Waals surface area contributed by atoms with E-state index in [2.05, 4.69) is 15.0 Å². The van der Waals surface area contributed by atoms with E-state index >= 15 is 0 Å². The van der Waals surface area contributed by atoms with E-state index in [-0.39, 0.29) is 0 Å². The highest BCUT2D eigenvalue weighted by Gasteiger charge is 2.01. The Morgan fingerprint density at radius 1 is 0.824 bits per heavy atom. The van der Waals surface area contributed by atoms with Crippen molar-refractivity contribution in [3.05, 3.63) is 52.9 Å². The minimum absolute atomic E-state index is 0.921. The second kappa shape index (κ2) is 4.87. The van der Waals surface area contributed by atoms with Gasteiger partial charge in [0, 0.05) is 12.4 Å². The summed E-state index contributed by atoms with van der Waals surface area (Å²) in [6.07, 6.45) is 7.56. The van der Waals surface area contributed by atoms with Crippen molar-refractivity contribution in [2.45, 2.75) is 20.8 Å². The summed E-state index contributed by atoms with van der Waals surface area (Å²) < 4.78 is 0. The van der Waals surface area contributed by atoms with Crippen LogP contribution in [0.25, 0.3) is 12.2 Å². The molecule has 0 atom stereocenters. The van der Waals surface area contributed by atoms with Gasteiger partial charge in [-0.15, -0.1) is 0 Å². The minimum atomic E-state index is 0.921. The average molecular weight is 225 g/mol. The third kappa shape index (κ3) is 2.75. The van der Waals surface area contributed by atoms with Crippen LogP contribution < -0.4 is 0 Å². The Kier molecular flexibility index (Phi) is 3.28. The van der Waals surface area contributed by atoms with Crippen LogP contribution in [0.5, 0.6) is 0 Å². The second-order valence-electron chi connectivity index (χ2n) is 3.98. The monoisotopic (exact) mass is 225 g/mol. The molecule has 0 aliphatic carbocycles. The van der Waals surface area contributed by atoms with E-state index in [1.54, 1.807) is 12.4 Å². The molecule has 0 fully saturated rings. The topological polar surface area (TPSA) is 38.7 Å². The molecule has 3 heteroatoms.